The van der Waals surface area contributed by atoms with Gasteiger partial charge in [0.15, 0.2) is 5.78 Å². The highest BCUT2D eigenvalue weighted by atomic mass is 16.5. The first-order valence-electron chi connectivity index (χ1n) is 16.6. The summed E-state index contributed by atoms with van der Waals surface area (Å²) in [4.78, 5) is 47.9. The van der Waals surface area contributed by atoms with Gasteiger partial charge in [0.2, 0.25) is 0 Å². The maximum Gasteiger partial charge on any atom is 0.330 e. The summed E-state index contributed by atoms with van der Waals surface area (Å²) in [5.41, 5.74) is 0. The van der Waals surface area contributed by atoms with Crippen LogP contribution in [0.15, 0.2) is 73.8 Å². The van der Waals surface area contributed by atoms with E-state index in [-0.39, 0.29) is 41.8 Å². The number of rotatable bonds is 22. The predicted molar refractivity (Wildman–Crippen MR) is 176 cm³/mol. The molecule has 2 unspecified atom stereocenters. The Morgan fingerprint density at radius 2 is 1.43 bits per heavy atom. The number of hydrogen-bond donors (Lipinski definition) is 0. The molecule has 0 aliphatic heterocycles. The Hall–Kier alpha value is -3.56. The average Bonchev–Trinajstić information content (AvgIpc) is 3.08. The van der Waals surface area contributed by atoms with Gasteiger partial charge >= 0.3 is 17.9 Å². The van der Waals surface area contributed by atoms with Crippen molar-refractivity contribution in [3.8, 4) is 0 Å². The van der Waals surface area contributed by atoms with Crippen molar-refractivity contribution in [2.24, 2.45) is 11.8 Å². The normalized spacial score (nSPS) is 21.6. The third-order valence-electron chi connectivity index (χ3n) is 7.99. The van der Waals surface area contributed by atoms with Crippen molar-refractivity contribution in [3.05, 3.63) is 73.8 Å². The minimum Gasteiger partial charge on any atom is -0.463 e. The van der Waals surface area contributed by atoms with E-state index in [0.717, 1.165) is 44.6 Å². The summed E-state index contributed by atoms with van der Waals surface area (Å²) in [6.07, 6.45) is 20.6. The molecule has 0 spiro atoms. The maximum atomic E-state index is 12.8. The number of ketones is 1. The van der Waals surface area contributed by atoms with E-state index in [2.05, 4.69) is 19.7 Å². The van der Waals surface area contributed by atoms with Crippen LogP contribution in [0.4, 0.5) is 0 Å². The first kappa shape index (κ1) is 38.6. The minimum absolute atomic E-state index is 0.0622. The zero-order valence-corrected chi connectivity index (χ0v) is 27.5. The van der Waals surface area contributed by atoms with Gasteiger partial charge in [0.05, 0.1) is 30.7 Å². The van der Waals surface area contributed by atoms with Crippen LogP contribution in [0.1, 0.15) is 90.4 Å². The van der Waals surface area contributed by atoms with E-state index in [1.807, 2.05) is 19.1 Å². The van der Waals surface area contributed by atoms with E-state index in [4.69, 9.17) is 23.7 Å². The summed E-state index contributed by atoms with van der Waals surface area (Å²) >= 11 is 0. The molecule has 2 aliphatic carbocycles. The van der Waals surface area contributed by atoms with Crippen LogP contribution in [0.25, 0.3) is 0 Å². The lowest BCUT2D eigenvalue weighted by Crippen LogP contribution is -2.27. The van der Waals surface area contributed by atoms with Gasteiger partial charge in [-0.15, -0.1) is 0 Å². The highest BCUT2D eigenvalue weighted by Gasteiger charge is 2.28. The van der Waals surface area contributed by atoms with Crippen LogP contribution < -0.4 is 0 Å². The average molecular weight is 641 g/mol. The van der Waals surface area contributed by atoms with Crippen LogP contribution in [0.5, 0.6) is 0 Å². The molecule has 0 radical (unpaired) electrons. The van der Waals surface area contributed by atoms with Gasteiger partial charge in [0.1, 0.15) is 11.5 Å². The van der Waals surface area contributed by atoms with Gasteiger partial charge in [0.25, 0.3) is 0 Å². The van der Waals surface area contributed by atoms with Gasteiger partial charge < -0.3 is 23.7 Å². The van der Waals surface area contributed by atoms with Crippen molar-refractivity contribution in [3.63, 3.8) is 0 Å². The Balaban J connectivity index is 1.70. The van der Waals surface area contributed by atoms with Crippen molar-refractivity contribution < 1.29 is 42.9 Å². The molecule has 1 fully saturated rings. The standard InChI is InChI=1S/C37H52O9/c1-5-30(38)14-10-9-11-25-42-33-19-15-28(16-20-33)36(40)45-31(6-2)23-24-32(7-3)46-37(41)29-17-21-34(22-18-29)43-26-12-13-27-44-35(39)8-4/h5-6,8,17,21,23-24,28-29,33-34H,1-2,4,7,9-16,18-20,22,25-27H2,3H3/b31-23+,32-24+. The van der Waals surface area contributed by atoms with Gasteiger partial charge in [0, 0.05) is 32.1 Å². The fourth-order valence-electron chi connectivity index (χ4n) is 5.14. The first-order chi connectivity index (χ1) is 22.3. The summed E-state index contributed by atoms with van der Waals surface area (Å²) in [6.45, 7) is 14.0. The molecule has 2 atom stereocenters. The van der Waals surface area contributed by atoms with E-state index in [1.54, 1.807) is 12.2 Å². The molecule has 2 rings (SSSR count). The van der Waals surface area contributed by atoms with Gasteiger partial charge in [-0.05, 0) is 88.5 Å². The SMILES string of the molecule is C=CC(=O)CCCCCOC1CCC(C(=O)O/C(C=C)=C/C=C(\CC)OC(=O)C2C=CC(OCCCCOC(=O)C=C)CC2)CC1. The number of carbonyl (C=O) groups is 4. The van der Waals surface area contributed by atoms with Crippen LogP contribution in [-0.2, 0) is 42.9 Å². The molecule has 254 valence electrons. The third kappa shape index (κ3) is 15.6. The number of allylic oxidation sites excluding steroid dienone is 5. The molecule has 9 nitrogen and oxygen atoms in total. The molecular weight excluding hydrogens is 588 g/mol. The lowest BCUT2D eigenvalue weighted by molar-refractivity contribution is -0.146. The highest BCUT2D eigenvalue weighted by molar-refractivity contribution is 5.88. The monoisotopic (exact) mass is 640 g/mol. The largest absolute Gasteiger partial charge is 0.463 e. The summed E-state index contributed by atoms with van der Waals surface area (Å²) in [6, 6.07) is 0. The Morgan fingerprint density at radius 3 is 2.09 bits per heavy atom. The van der Waals surface area contributed by atoms with Crippen molar-refractivity contribution in [1.82, 2.24) is 0 Å². The third-order valence-corrected chi connectivity index (χ3v) is 7.99. The smallest absolute Gasteiger partial charge is 0.330 e. The molecule has 0 amide bonds. The van der Waals surface area contributed by atoms with Crippen molar-refractivity contribution in [2.45, 2.75) is 103 Å². The molecule has 0 aromatic heterocycles. The van der Waals surface area contributed by atoms with Crippen LogP contribution in [0.3, 0.4) is 0 Å². The zero-order chi connectivity index (χ0) is 33.6. The van der Waals surface area contributed by atoms with E-state index < -0.39 is 5.97 Å². The molecule has 9 heteroatoms. The summed E-state index contributed by atoms with van der Waals surface area (Å²) in [5.74, 6) is -0.763. The van der Waals surface area contributed by atoms with Crippen LogP contribution >= 0.6 is 0 Å². The van der Waals surface area contributed by atoms with Crippen LogP contribution in [0.2, 0.25) is 0 Å². The maximum absolute atomic E-state index is 12.8. The molecular formula is C37H52O9. The Kier molecular flexibility index (Phi) is 19.2. The molecule has 0 N–H and O–H groups in total. The number of hydrogen-bond acceptors (Lipinski definition) is 9. The topological polar surface area (TPSA) is 114 Å². The summed E-state index contributed by atoms with van der Waals surface area (Å²) < 4.78 is 28.1. The second-order valence-corrected chi connectivity index (χ2v) is 11.5. The number of ether oxygens (including phenoxy) is 5. The molecule has 0 aromatic carbocycles. The fraction of sp³-hybridized carbons (Fsp3) is 0.568. The molecule has 0 saturated heterocycles. The fourth-order valence-corrected chi connectivity index (χ4v) is 5.14. The van der Waals surface area contributed by atoms with Crippen molar-refractivity contribution in [2.75, 3.05) is 19.8 Å². The Bertz CT molecular complexity index is 1110. The van der Waals surface area contributed by atoms with E-state index in [1.165, 1.54) is 12.2 Å². The molecule has 46 heavy (non-hydrogen) atoms. The number of esters is 3. The zero-order valence-electron chi connectivity index (χ0n) is 27.5. The van der Waals surface area contributed by atoms with Crippen molar-refractivity contribution >= 4 is 23.7 Å². The molecule has 2 aliphatic rings. The molecule has 0 heterocycles. The van der Waals surface area contributed by atoms with Gasteiger partial charge in [-0.2, -0.15) is 0 Å². The van der Waals surface area contributed by atoms with E-state index in [9.17, 15) is 19.2 Å². The molecule has 0 bridgehead atoms. The van der Waals surface area contributed by atoms with Gasteiger partial charge in [-0.25, -0.2) is 4.79 Å². The second-order valence-electron chi connectivity index (χ2n) is 11.5. The number of carbonyl (C=O) groups excluding carboxylic acids is 4. The van der Waals surface area contributed by atoms with E-state index >= 15 is 0 Å². The number of unbranched alkanes of at least 4 members (excludes halogenated alkanes) is 3. The lowest BCUT2D eigenvalue weighted by Gasteiger charge is -2.27. The Morgan fingerprint density at radius 1 is 0.717 bits per heavy atom. The quantitative estimate of drug-likeness (QED) is 0.0231. The minimum atomic E-state index is -0.425. The van der Waals surface area contributed by atoms with E-state index in [0.29, 0.717) is 76.3 Å². The highest BCUT2D eigenvalue weighted by Crippen LogP contribution is 2.28. The molecule has 1 saturated carbocycles. The predicted octanol–water partition coefficient (Wildman–Crippen LogP) is 7.19. The first-order valence-corrected chi connectivity index (χ1v) is 16.6. The van der Waals surface area contributed by atoms with Crippen LogP contribution in [0, 0.1) is 11.8 Å². The summed E-state index contributed by atoms with van der Waals surface area (Å²) in [5, 5.41) is 0. The van der Waals surface area contributed by atoms with Crippen molar-refractivity contribution in [1.29, 1.82) is 0 Å². The van der Waals surface area contributed by atoms with Gasteiger partial charge in [-0.1, -0.05) is 45.2 Å². The summed E-state index contributed by atoms with van der Waals surface area (Å²) in [7, 11) is 0. The van der Waals surface area contributed by atoms with Gasteiger partial charge in [-0.3, -0.25) is 14.4 Å². The second kappa shape index (κ2) is 22.9. The lowest BCUT2D eigenvalue weighted by atomic mass is 9.87. The molecule has 0 aromatic rings. The Labute approximate surface area is 274 Å². The van der Waals surface area contributed by atoms with Crippen LogP contribution in [-0.4, -0.2) is 55.7 Å².